The largest absolute Gasteiger partial charge is 0.477 e. The number of hydrogen-bond acceptors (Lipinski definition) is 6. The van der Waals surface area contributed by atoms with Crippen LogP contribution in [0.2, 0.25) is 5.02 Å². The van der Waals surface area contributed by atoms with E-state index in [1.807, 2.05) is 43.3 Å². The molecular formula is C26H20ClNO5. The van der Waals surface area contributed by atoms with Gasteiger partial charge in [0, 0.05) is 29.2 Å². The van der Waals surface area contributed by atoms with Gasteiger partial charge in [-0.2, -0.15) is 0 Å². The Morgan fingerprint density at radius 3 is 2.67 bits per heavy atom. The zero-order chi connectivity index (χ0) is 22.5. The summed E-state index contributed by atoms with van der Waals surface area (Å²) in [6, 6.07) is 15.1. The van der Waals surface area contributed by atoms with Crippen LogP contribution >= 0.6 is 11.6 Å². The molecule has 3 aromatic carbocycles. The number of benzene rings is 3. The molecule has 0 radical (unpaired) electrons. The molecule has 0 aliphatic carbocycles. The minimum absolute atomic E-state index is 0.126. The van der Waals surface area contributed by atoms with Gasteiger partial charge in [-0.05, 0) is 54.5 Å². The molecule has 3 aromatic rings. The number of ether oxygens (including phenoxy) is 4. The average Bonchev–Trinajstić information content (AvgIpc) is 3.40. The zero-order valence-corrected chi connectivity index (χ0v) is 18.6. The van der Waals surface area contributed by atoms with Gasteiger partial charge in [-0.15, -0.1) is 0 Å². The number of nitrogens with zero attached hydrogens (tertiary/aromatic N) is 1. The van der Waals surface area contributed by atoms with Crippen molar-refractivity contribution in [3.05, 3.63) is 87.1 Å². The topological polar surface area (TPSA) is 57.2 Å². The molecule has 3 aliphatic heterocycles. The standard InChI is InChI=1S/C26H20ClNO5/c1-15-25-18(12-28(13-30-25)11-17-4-7-21-22(9-17)32-14-31-21)10-20-24(29)23(33-26(15)20)8-16-2-5-19(27)6-3-16/h2-10H,11-14H2,1H3/b23-8-. The molecule has 166 valence electrons. The van der Waals surface area contributed by atoms with Gasteiger partial charge >= 0.3 is 0 Å². The third-order valence-electron chi connectivity index (χ3n) is 6.01. The second-order valence-electron chi connectivity index (χ2n) is 8.31. The lowest BCUT2D eigenvalue weighted by molar-refractivity contribution is 0.0876. The molecule has 0 spiro atoms. The molecule has 0 saturated heterocycles. The minimum atomic E-state index is -0.126. The van der Waals surface area contributed by atoms with E-state index in [0.29, 0.717) is 41.9 Å². The molecule has 0 unspecified atom stereocenters. The van der Waals surface area contributed by atoms with Crippen molar-refractivity contribution in [3.63, 3.8) is 0 Å². The van der Waals surface area contributed by atoms with Gasteiger partial charge < -0.3 is 18.9 Å². The molecule has 0 fully saturated rings. The van der Waals surface area contributed by atoms with E-state index in [2.05, 4.69) is 4.90 Å². The van der Waals surface area contributed by atoms with Gasteiger partial charge in [0.2, 0.25) is 12.6 Å². The number of carbonyl (C=O) groups excluding carboxylic acids is 1. The summed E-state index contributed by atoms with van der Waals surface area (Å²) in [6.45, 7) is 4.00. The van der Waals surface area contributed by atoms with Crippen molar-refractivity contribution in [3.8, 4) is 23.0 Å². The monoisotopic (exact) mass is 461 g/mol. The van der Waals surface area contributed by atoms with E-state index >= 15 is 0 Å². The Morgan fingerprint density at radius 2 is 1.82 bits per heavy atom. The van der Waals surface area contributed by atoms with Crippen LogP contribution in [0.5, 0.6) is 23.0 Å². The number of rotatable bonds is 3. The van der Waals surface area contributed by atoms with Crippen molar-refractivity contribution < 1.29 is 23.7 Å². The Hall–Kier alpha value is -3.48. The van der Waals surface area contributed by atoms with Gasteiger partial charge in [0.25, 0.3) is 0 Å². The number of carbonyl (C=O) groups is 1. The second-order valence-corrected chi connectivity index (χ2v) is 8.74. The van der Waals surface area contributed by atoms with Crippen LogP contribution in [-0.4, -0.2) is 24.2 Å². The number of Topliss-reactive ketones (excluding diaryl/α,β-unsaturated/α-hetero) is 1. The third kappa shape index (κ3) is 3.61. The predicted molar refractivity (Wildman–Crippen MR) is 123 cm³/mol. The summed E-state index contributed by atoms with van der Waals surface area (Å²) in [7, 11) is 0. The minimum Gasteiger partial charge on any atom is -0.477 e. The fourth-order valence-electron chi connectivity index (χ4n) is 4.41. The van der Waals surface area contributed by atoms with E-state index in [1.54, 1.807) is 18.2 Å². The first-order valence-corrected chi connectivity index (χ1v) is 11.0. The van der Waals surface area contributed by atoms with E-state index in [1.165, 1.54) is 0 Å². The van der Waals surface area contributed by atoms with Gasteiger partial charge in [0.1, 0.15) is 18.2 Å². The Balaban J connectivity index is 1.25. The van der Waals surface area contributed by atoms with Crippen LogP contribution in [0.15, 0.2) is 54.3 Å². The van der Waals surface area contributed by atoms with Crippen molar-refractivity contribution in [2.45, 2.75) is 20.0 Å². The molecule has 0 N–H and O–H groups in total. The lowest BCUT2D eigenvalue weighted by Crippen LogP contribution is -2.32. The van der Waals surface area contributed by atoms with Gasteiger partial charge in [0.15, 0.2) is 17.3 Å². The third-order valence-corrected chi connectivity index (χ3v) is 6.26. The molecular weight excluding hydrogens is 442 g/mol. The molecule has 0 aromatic heterocycles. The van der Waals surface area contributed by atoms with E-state index in [4.69, 9.17) is 30.5 Å². The zero-order valence-electron chi connectivity index (χ0n) is 17.9. The van der Waals surface area contributed by atoms with Gasteiger partial charge in [-0.3, -0.25) is 9.69 Å². The summed E-state index contributed by atoms with van der Waals surface area (Å²) >= 11 is 5.96. The van der Waals surface area contributed by atoms with Gasteiger partial charge in [-0.25, -0.2) is 0 Å². The Morgan fingerprint density at radius 1 is 1.00 bits per heavy atom. The van der Waals surface area contributed by atoms with Crippen LogP contribution in [-0.2, 0) is 13.1 Å². The maximum atomic E-state index is 13.1. The van der Waals surface area contributed by atoms with Crippen molar-refractivity contribution in [1.82, 2.24) is 4.90 Å². The molecule has 33 heavy (non-hydrogen) atoms. The summed E-state index contributed by atoms with van der Waals surface area (Å²) < 4.78 is 23.0. The summed E-state index contributed by atoms with van der Waals surface area (Å²) in [6.07, 6.45) is 1.74. The molecule has 0 amide bonds. The fourth-order valence-corrected chi connectivity index (χ4v) is 4.53. The lowest BCUT2D eigenvalue weighted by Gasteiger charge is -2.30. The molecule has 6 nitrogen and oxygen atoms in total. The maximum absolute atomic E-state index is 13.1. The number of fused-ring (bicyclic) bond motifs is 3. The number of ketones is 1. The summed E-state index contributed by atoms with van der Waals surface area (Å²) in [5.41, 5.74) is 4.35. The van der Waals surface area contributed by atoms with Crippen LogP contribution in [0.1, 0.15) is 32.6 Å². The summed E-state index contributed by atoms with van der Waals surface area (Å²) in [5, 5.41) is 0.644. The normalized spacial score (nSPS) is 17.5. The molecule has 0 bridgehead atoms. The van der Waals surface area contributed by atoms with Crippen molar-refractivity contribution in [1.29, 1.82) is 0 Å². The van der Waals surface area contributed by atoms with Gasteiger partial charge in [-0.1, -0.05) is 29.8 Å². The fraction of sp³-hybridized carbons (Fsp3) is 0.192. The molecule has 0 saturated carbocycles. The highest BCUT2D eigenvalue weighted by atomic mass is 35.5. The molecule has 0 atom stereocenters. The SMILES string of the molecule is Cc1c2c(cc3c1O/C(=C\c1ccc(Cl)cc1)C3=O)CN(Cc1ccc3c(c1)OCO3)CO2. The van der Waals surface area contributed by atoms with E-state index < -0.39 is 0 Å². The van der Waals surface area contributed by atoms with Gasteiger partial charge in [0.05, 0.1) is 5.56 Å². The lowest BCUT2D eigenvalue weighted by atomic mass is 10.00. The first kappa shape index (κ1) is 20.1. The quantitative estimate of drug-likeness (QED) is 0.490. The second kappa shape index (κ2) is 7.83. The highest BCUT2D eigenvalue weighted by Crippen LogP contribution is 2.43. The van der Waals surface area contributed by atoms with Crippen molar-refractivity contribution >= 4 is 23.5 Å². The van der Waals surface area contributed by atoms with Crippen LogP contribution in [0.4, 0.5) is 0 Å². The number of halogens is 1. The highest BCUT2D eigenvalue weighted by molar-refractivity contribution is 6.30. The van der Waals surface area contributed by atoms with Crippen LogP contribution in [0.3, 0.4) is 0 Å². The smallest absolute Gasteiger partial charge is 0.231 e. The van der Waals surface area contributed by atoms with Crippen LogP contribution in [0.25, 0.3) is 6.08 Å². The average molecular weight is 462 g/mol. The Bertz CT molecular complexity index is 1320. The van der Waals surface area contributed by atoms with Crippen molar-refractivity contribution in [2.24, 2.45) is 0 Å². The van der Waals surface area contributed by atoms with Crippen LogP contribution < -0.4 is 18.9 Å². The maximum Gasteiger partial charge on any atom is 0.231 e. The highest BCUT2D eigenvalue weighted by Gasteiger charge is 2.33. The van der Waals surface area contributed by atoms with E-state index in [9.17, 15) is 4.79 Å². The first-order chi connectivity index (χ1) is 16.0. The number of hydrogen-bond donors (Lipinski definition) is 0. The Labute approximate surface area is 195 Å². The molecule has 6 rings (SSSR count). The number of allylic oxidation sites excluding steroid dienone is 1. The first-order valence-electron chi connectivity index (χ1n) is 10.6. The molecule has 3 heterocycles. The predicted octanol–water partition coefficient (Wildman–Crippen LogP) is 5.35. The molecule has 7 heteroatoms. The van der Waals surface area contributed by atoms with Crippen LogP contribution in [0, 0.1) is 6.92 Å². The van der Waals surface area contributed by atoms with Crippen molar-refractivity contribution in [2.75, 3.05) is 13.5 Å². The molecule has 3 aliphatic rings. The summed E-state index contributed by atoms with van der Waals surface area (Å²) in [4.78, 5) is 15.3. The van der Waals surface area contributed by atoms with E-state index in [0.717, 1.165) is 39.5 Å². The summed E-state index contributed by atoms with van der Waals surface area (Å²) in [5.74, 6) is 3.07. The Kier molecular flexibility index (Phi) is 4.78. The van der Waals surface area contributed by atoms with E-state index in [-0.39, 0.29) is 12.6 Å².